The van der Waals surface area contributed by atoms with Crippen LogP contribution in [0.3, 0.4) is 0 Å². The number of thiophene rings is 1. The lowest BCUT2D eigenvalue weighted by atomic mass is 10.1. The Morgan fingerprint density at radius 3 is 2.48 bits per heavy atom. The summed E-state index contributed by atoms with van der Waals surface area (Å²) in [7, 11) is 0. The Balaban J connectivity index is 1.83. The van der Waals surface area contributed by atoms with E-state index >= 15 is 0 Å². The molecule has 126 valence electrons. The van der Waals surface area contributed by atoms with Crippen molar-refractivity contribution in [3.63, 3.8) is 0 Å². The molecule has 25 heavy (non-hydrogen) atoms. The second kappa shape index (κ2) is 7.74. The third-order valence-electron chi connectivity index (χ3n) is 3.33. The molecule has 3 rings (SSSR count). The summed E-state index contributed by atoms with van der Waals surface area (Å²) in [6, 6.07) is 15.6. The molecule has 6 heteroatoms. The predicted molar refractivity (Wildman–Crippen MR) is 103 cm³/mol. The number of carbonyl (C=O) groups is 1. The van der Waals surface area contributed by atoms with Gasteiger partial charge in [0.2, 0.25) is 0 Å². The molecule has 0 atom stereocenters. The van der Waals surface area contributed by atoms with Crippen molar-refractivity contribution in [1.29, 1.82) is 0 Å². The molecule has 2 aromatic carbocycles. The van der Waals surface area contributed by atoms with Crippen LogP contribution in [0.2, 0.25) is 10.0 Å². The van der Waals surface area contributed by atoms with E-state index in [2.05, 4.69) is 0 Å². The number of rotatable bonds is 5. The summed E-state index contributed by atoms with van der Waals surface area (Å²) in [6.07, 6.45) is 1.63. The molecule has 0 aliphatic rings. The van der Waals surface area contributed by atoms with Gasteiger partial charge in [0, 0.05) is 16.0 Å². The number of hydrogen-bond donors (Lipinski definition) is 1. The molecular formula is C19H12Cl2O3S. The molecule has 3 aromatic rings. The van der Waals surface area contributed by atoms with E-state index in [0.717, 1.165) is 5.56 Å². The fraction of sp³-hybridized carbons (Fsp3) is 0. The van der Waals surface area contributed by atoms with Gasteiger partial charge < -0.3 is 9.84 Å². The molecule has 3 nitrogen and oxygen atoms in total. The second-order valence-corrected chi connectivity index (χ2v) is 6.88. The number of aliphatic carboxylic acids is 1. The molecule has 1 heterocycles. The zero-order valence-electron chi connectivity index (χ0n) is 12.8. The maximum absolute atomic E-state index is 11.5. The van der Waals surface area contributed by atoms with E-state index in [4.69, 9.17) is 27.9 Å². The lowest BCUT2D eigenvalue weighted by molar-refractivity contribution is -0.130. The first-order valence-electron chi connectivity index (χ1n) is 7.25. The highest BCUT2D eigenvalue weighted by atomic mass is 35.5. The van der Waals surface area contributed by atoms with Crippen molar-refractivity contribution in [2.75, 3.05) is 0 Å². The SMILES string of the molecule is O=C(O)/C(=C\c1ccc(Oc2cc(Cl)ccc2Cl)cc1)c1cccs1. The number of carboxylic acids is 1. The molecule has 0 aliphatic heterocycles. The van der Waals surface area contributed by atoms with Crippen molar-refractivity contribution < 1.29 is 14.6 Å². The largest absolute Gasteiger partial charge is 0.478 e. The summed E-state index contributed by atoms with van der Waals surface area (Å²) in [4.78, 5) is 12.2. The average Bonchev–Trinajstić information content (AvgIpc) is 3.11. The lowest BCUT2D eigenvalue weighted by Gasteiger charge is -2.08. The van der Waals surface area contributed by atoms with Gasteiger partial charge in [-0.05, 0) is 47.4 Å². The third-order valence-corrected chi connectivity index (χ3v) is 4.78. The summed E-state index contributed by atoms with van der Waals surface area (Å²) in [6.45, 7) is 0. The van der Waals surface area contributed by atoms with Gasteiger partial charge in [-0.2, -0.15) is 0 Å². The Labute approximate surface area is 158 Å². The van der Waals surface area contributed by atoms with E-state index in [1.807, 2.05) is 11.4 Å². The highest BCUT2D eigenvalue weighted by Crippen LogP contribution is 2.32. The van der Waals surface area contributed by atoms with E-state index in [9.17, 15) is 9.90 Å². The number of benzene rings is 2. The summed E-state index contributed by atoms with van der Waals surface area (Å²) < 4.78 is 5.72. The highest BCUT2D eigenvalue weighted by molar-refractivity contribution is 7.11. The van der Waals surface area contributed by atoms with Crippen LogP contribution in [0.1, 0.15) is 10.4 Å². The Bertz CT molecular complexity index is 916. The van der Waals surface area contributed by atoms with Gasteiger partial charge in [0.05, 0.1) is 10.6 Å². The number of hydrogen-bond acceptors (Lipinski definition) is 3. The first kappa shape index (κ1) is 17.5. The van der Waals surface area contributed by atoms with Crippen LogP contribution in [0.15, 0.2) is 60.0 Å². The van der Waals surface area contributed by atoms with Crippen molar-refractivity contribution >= 4 is 52.2 Å². The normalized spacial score (nSPS) is 11.4. The van der Waals surface area contributed by atoms with E-state index in [-0.39, 0.29) is 5.57 Å². The van der Waals surface area contributed by atoms with Gasteiger partial charge in [-0.1, -0.05) is 41.4 Å². The molecule has 0 fully saturated rings. The molecule has 0 saturated carbocycles. The van der Waals surface area contributed by atoms with Gasteiger partial charge in [0.15, 0.2) is 0 Å². The maximum atomic E-state index is 11.5. The molecule has 0 saturated heterocycles. The second-order valence-electron chi connectivity index (χ2n) is 5.09. The van der Waals surface area contributed by atoms with Crippen LogP contribution < -0.4 is 4.74 Å². The summed E-state index contributed by atoms with van der Waals surface area (Å²) in [5, 5.41) is 12.2. The lowest BCUT2D eigenvalue weighted by Crippen LogP contribution is -1.97. The van der Waals surface area contributed by atoms with Crippen molar-refractivity contribution in [3.8, 4) is 11.5 Å². The van der Waals surface area contributed by atoms with E-state index in [0.29, 0.717) is 26.4 Å². The fourth-order valence-electron chi connectivity index (χ4n) is 2.15. The molecule has 0 bridgehead atoms. The van der Waals surface area contributed by atoms with E-state index < -0.39 is 5.97 Å². The van der Waals surface area contributed by atoms with E-state index in [1.54, 1.807) is 54.6 Å². The zero-order valence-corrected chi connectivity index (χ0v) is 15.1. The first-order valence-corrected chi connectivity index (χ1v) is 8.88. The average molecular weight is 391 g/mol. The van der Waals surface area contributed by atoms with Gasteiger partial charge in [-0.15, -0.1) is 11.3 Å². The summed E-state index contributed by atoms with van der Waals surface area (Å²) in [5.74, 6) is 0.0741. The monoisotopic (exact) mass is 390 g/mol. The molecule has 1 aromatic heterocycles. The topological polar surface area (TPSA) is 46.5 Å². The van der Waals surface area contributed by atoms with Gasteiger partial charge in [0.25, 0.3) is 0 Å². The zero-order chi connectivity index (χ0) is 17.8. The van der Waals surface area contributed by atoms with Crippen molar-refractivity contribution in [2.45, 2.75) is 0 Å². The van der Waals surface area contributed by atoms with Crippen LogP contribution in [0.4, 0.5) is 0 Å². The molecule has 1 N–H and O–H groups in total. The Hall–Kier alpha value is -2.27. The number of ether oxygens (including phenoxy) is 1. The number of carboxylic acid groups (broad SMARTS) is 1. The van der Waals surface area contributed by atoms with Crippen molar-refractivity contribution in [3.05, 3.63) is 80.5 Å². The van der Waals surface area contributed by atoms with Crippen LogP contribution in [0, 0.1) is 0 Å². The van der Waals surface area contributed by atoms with Gasteiger partial charge >= 0.3 is 5.97 Å². The highest BCUT2D eigenvalue weighted by Gasteiger charge is 2.11. The first-order chi connectivity index (χ1) is 12.0. The Kier molecular flexibility index (Phi) is 5.43. The van der Waals surface area contributed by atoms with E-state index in [1.165, 1.54) is 11.3 Å². The molecule has 0 amide bonds. The standard InChI is InChI=1S/C19H12Cl2O3S/c20-13-5-8-16(21)17(11-13)24-14-6-3-12(4-7-14)10-15(19(22)23)18-2-1-9-25-18/h1-11H,(H,22,23)/b15-10-. The molecule has 0 unspecified atom stereocenters. The Morgan fingerprint density at radius 1 is 1.08 bits per heavy atom. The van der Waals surface area contributed by atoms with Crippen molar-refractivity contribution in [1.82, 2.24) is 0 Å². The third kappa shape index (κ3) is 4.42. The molecular weight excluding hydrogens is 379 g/mol. The van der Waals surface area contributed by atoms with Crippen molar-refractivity contribution in [2.24, 2.45) is 0 Å². The fourth-order valence-corrected chi connectivity index (χ4v) is 3.20. The quantitative estimate of drug-likeness (QED) is 0.507. The van der Waals surface area contributed by atoms with Gasteiger partial charge in [-0.25, -0.2) is 4.79 Å². The van der Waals surface area contributed by atoms with Gasteiger partial charge in [-0.3, -0.25) is 0 Å². The van der Waals surface area contributed by atoms with Crippen LogP contribution in [0.25, 0.3) is 11.6 Å². The molecule has 0 spiro atoms. The minimum Gasteiger partial charge on any atom is -0.478 e. The maximum Gasteiger partial charge on any atom is 0.337 e. The summed E-state index contributed by atoms with van der Waals surface area (Å²) >= 11 is 13.4. The van der Waals surface area contributed by atoms with Crippen LogP contribution in [-0.4, -0.2) is 11.1 Å². The minimum atomic E-state index is -0.964. The summed E-state index contributed by atoms with van der Waals surface area (Å²) in [5.41, 5.74) is 1.01. The smallest absolute Gasteiger partial charge is 0.337 e. The molecule has 0 radical (unpaired) electrons. The predicted octanol–water partition coefficient (Wildman–Crippen LogP) is 6.47. The van der Waals surface area contributed by atoms with Crippen LogP contribution >= 0.6 is 34.5 Å². The van der Waals surface area contributed by atoms with Crippen LogP contribution in [-0.2, 0) is 4.79 Å². The van der Waals surface area contributed by atoms with Gasteiger partial charge in [0.1, 0.15) is 11.5 Å². The Morgan fingerprint density at radius 2 is 1.84 bits per heavy atom. The minimum absolute atomic E-state index is 0.251. The van der Waals surface area contributed by atoms with Crippen LogP contribution in [0.5, 0.6) is 11.5 Å². The number of halogens is 2. The molecule has 0 aliphatic carbocycles.